The van der Waals surface area contributed by atoms with Crippen molar-refractivity contribution in [1.82, 2.24) is 4.57 Å². The van der Waals surface area contributed by atoms with Crippen LogP contribution in [0.4, 0.5) is 0 Å². The number of ether oxygens (including phenoxy) is 1. The quantitative estimate of drug-likeness (QED) is 0.439. The van der Waals surface area contributed by atoms with Crippen molar-refractivity contribution < 1.29 is 9.53 Å². The van der Waals surface area contributed by atoms with Crippen LogP contribution < -0.4 is 0 Å². The van der Waals surface area contributed by atoms with Crippen molar-refractivity contribution in [3.05, 3.63) is 83.6 Å². The summed E-state index contributed by atoms with van der Waals surface area (Å²) >= 11 is 0. The summed E-state index contributed by atoms with van der Waals surface area (Å²) in [6.07, 6.45) is 2.24. The van der Waals surface area contributed by atoms with Gasteiger partial charge in [-0.3, -0.25) is 4.79 Å². The van der Waals surface area contributed by atoms with E-state index in [0.29, 0.717) is 0 Å². The number of esters is 1. The molecule has 0 radical (unpaired) electrons. The van der Waals surface area contributed by atoms with E-state index < -0.39 is 5.92 Å². The topological polar surface area (TPSA) is 55.0 Å². The zero-order chi connectivity index (χ0) is 20.4. The van der Waals surface area contributed by atoms with Crippen molar-refractivity contribution in [1.29, 1.82) is 5.26 Å². The van der Waals surface area contributed by atoms with E-state index in [0.717, 1.165) is 23.0 Å². The number of methoxy groups -OCH3 is 1. The number of nitrogens with zero attached hydrogens (tertiary/aromatic N) is 2. The molecule has 4 rings (SSSR count). The van der Waals surface area contributed by atoms with Crippen LogP contribution in [-0.4, -0.2) is 17.6 Å². The molecule has 0 aliphatic rings. The van der Waals surface area contributed by atoms with Crippen LogP contribution in [-0.2, 0) is 16.1 Å². The van der Waals surface area contributed by atoms with Gasteiger partial charge in [-0.25, -0.2) is 0 Å². The first kappa shape index (κ1) is 18.8. The third-order valence-corrected chi connectivity index (χ3v) is 5.46. The summed E-state index contributed by atoms with van der Waals surface area (Å²) in [4.78, 5) is 12.2. The maximum absolute atomic E-state index is 12.2. The summed E-state index contributed by atoms with van der Waals surface area (Å²) in [7, 11) is 1.36. The second kappa shape index (κ2) is 7.81. The average molecular weight is 382 g/mol. The number of hydrogen-bond donors (Lipinski definition) is 0. The lowest BCUT2D eigenvalue weighted by Gasteiger charge is -2.13. The van der Waals surface area contributed by atoms with Gasteiger partial charge in [0.25, 0.3) is 0 Å². The van der Waals surface area contributed by atoms with E-state index in [-0.39, 0.29) is 12.4 Å². The van der Waals surface area contributed by atoms with Gasteiger partial charge in [-0.15, -0.1) is 0 Å². The zero-order valence-corrected chi connectivity index (χ0v) is 16.6. The van der Waals surface area contributed by atoms with Gasteiger partial charge in [-0.1, -0.05) is 48.5 Å². The van der Waals surface area contributed by atoms with E-state index in [1.165, 1.54) is 29.0 Å². The van der Waals surface area contributed by atoms with Gasteiger partial charge in [0.2, 0.25) is 0 Å². The molecule has 0 saturated carbocycles. The van der Waals surface area contributed by atoms with Gasteiger partial charge in [0.15, 0.2) is 0 Å². The molecule has 1 unspecified atom stereocenters. The fraction of sp³-hybridized carbons (Fsp3) is 0.200. The molecule has 1 aromatic heterocycles. The first-order chi connectivity index (χ1) is 14.1. The summed E-state index contributed by atoms with van der Waals surface area (Å²) in [6, 6.07) is 22.9. The molecular weight excluding hydrogens is 360 g/mol. The van der Waals surface area contributed by atoms with Gasteiger partial charge in [0, 0.05) is 23.6 Å². The molecule has 29 heavy (non-hydrogen) atoms. The molecule has 0 fully saturated rings. The predicted molar refractivity (Wildman–Crippen MR) is 115 cm³/mol. The number of benzene rings is 3. The van der Waals surface area contributed by atoms with Gasteiger partial charge in [-0.2, -0.15) is 5.26 Å². The minimum Gasteiger partial charge on any atom is -0.469 e. The third-order valence-electron chi connectivity index (χ3n) is 5.46. The summed E-state index contributed by atoms with van der Waals surface area (Å²) < 4.78 is 7.11. The van der Waals surface area contributed by atoms with Crippen LogP contribution in [0.3, 0.4) is 0 Å². The van der Waals surface area contributed by atoms with Crippen LogP contribution >= 0.6 is 0 Å². The lowest BCUT2D eigenvalue weighted by atomic mass is 9.95. The van der Waals surface area contributed by atoms with Gasteiger partial charge in [-0.05, 0) is 46.5 Å². The Kier molecular flexibility index (Phi) is 5.05. The van der Waals surface area contributed by atoms with E-state index in [2.05, 4.69) is 60.2 Å². The van der Waals surface area contributed by atoms with E-state index in [1.54, 1.807) is 0 Å². The summed E-state index contributed by atoms with van der Waals surface area (Å²) in [5.74, 6) is -0.950. The molecule has 0 aliphatic carbocycles. The zero-order valence-electron chi connectivity index (χ0n) is 16.6. The molecule has 1 heterocycles. The number of fused-ring (bicyclic) bond motifs is 2. The molecule has 0 bridgehead atoms. The Hall–Kier alpha value is -3.58. The molecule has 0 saturated heterocycles. The molecule has 4 heteroatoms. The Morgan fingerprint density at radius 2 is 1.90 bits per heavy atom. The Morgan fingerprint density at radius 3 is 2.66 bits per heavy atom. The first-order valence-corrected chi connectivity index (χ1v) is 9.62. The van der Waals surface area contributed by atoms with Crippen molar-refractivity contribution in [2.75, 3.05) is 7.11 Å². The van der Waals surface area contributed by atoms with E-state index >= 15 is 0 Å². The minimum absolute atomic E-state index is 0.0997. The molecule has 0 amide bonds. The highest BCUT2D eigenvalue weighted by atomic mass is 16.5. The maximum Gasteiger partial charge on any atom is 0.314 e. The Labute approximate surface area is 169 Å². The second-order valence-corrected chi connectivity index (χ2v) is 7.34. The van der Waals surface area contributed by atoms with Gasteiger partial charge < -0.3 is 9.30 Å². The van der Waals surface area contributed by atoms with Crippen molar-refractivity contribution in [2.45, 2.75) is 25.8 Å². The van der Waals surface area contributed by atoms with Crippen molar-refractivity contribution in [3.8, 4) is 6.07 Å². The smallest absolute Gasteiger partial charge is 0.314 e. The number of hydrogen-bond acceptors (Lipinski definition) is 3. The van der Waals surface area contributed by atoms with Crippen LogP contribution in [0.15, 0.2) is 66.9 Å². The second-order valence-electron chi connectivity index (χ2n) is 7.34. The van der Waals surface area contributed by atoms with Gasteiger partial charge in [0.1, 0.15) is 0 Å². The van der Waals surface area contributed by atoms with Crippen molar-refractivity contribution in [3.63, 3.8) is 0 Å². The average Bonchev–Trinajstić information content (AvgIpc) is 3.06. The van der Waals surface area contributed by atoms with Crippen LogP contribution in [0.5, 0.6) is 0 Å². The number of aryl methyl sites for hydroxylation is 1. The number of nitriles is 1. The molecule has 0 N–H and O–H groups in total. The number of rotatable bonds is 5. The first-order valence-electron chi connectivity index (χ1n) is 9.62. The van der Waals surface area contributed by atoms with Gasteiger partial charge >= 0.3 is 5.97 Å². The molecule has 4 nitrogen and oxygen atoms in total. The Morgan fingerprint density at radius 1 is 1.10 bits per heavy atom. The molecule has 144 valence electrons. The Bertz CT molecular complexity index is 1250. The van der Waals surface area contributed by atoms with E-state index in [9.17, 15) is 4.79 Å². The highest BCUT2D eigenvalue weighted by molar-refractivity contribution is 5.87. The molecule has 0 aliphatic heterocycles. The molecule has 1 atom stereocenters. The highest BCUT2D eigenvalue weighted by Crippen LogP contribution is 2.29. The number of carbonyl (C=O) groups is 1. The molecule has 4 aromatic rings. The van der Waals surface area contributed by atoms with E-state index in [1.807, 2.05) is 24.3 Å². The lowest BCUT2D eigenvalue weighted by Crippen LogP contribution is -2.14. The van der Waals surface area contributed by atoms with Crippen molar-refractivity contribution in [2.24, 2.45) is 0 Å². The van der Waals surface area contributed by atoms with Crippen molar-refractivity contribution >= 4 is 27.6 Å². The Balaban J connectivity index is 1.75. The fourth-order valence-electron chi connectivity index (χ4n) is 3.94. The SMILES string of the molecule is COC(=O)C(CC#N)c1ccc2c(C)cn(Cc3ccc4ccccc4c3)c2c1. The van der Waals surface area contributed by atoms with Gasteiger partial charge in [0.05, 0.1) is 25.5 Å². The van der Waals surface area contributed by atoms with Crippen LogP contribution in [0.1, 0.15) is 29.0 Å². The predicted octanol–water partition coefficient (Wildman–Crippen LogP) is 5.32. The summed E-state index contributed by atoms with van der Waals surface area (Å²) in [5, 5.41) is 12.7. The fourth-order valence-corrected chi connectivity index (χ4v) is 3.94. The highest BCUT2D eigenvalue weighted by Gasteiger charge is 2.22. The number of carbonyl (C=O) groups excluding carboxylic acids is 1. The van der Waals surface area contributed by atoms with Crippen LogP contribution in [0.25, 0.3) is 21.7 Å². The summed E-state index contributed by atoms with van der Waals surface area (Å²) in [6.45, 7) is 2.83. The minimum atomic E-state index is -0.571. The summed E-state index contributed by atoms with van der Waals surface area (Å²) in [5.41, 5.74) is 4.26. The largest absolute Gasteiger partial charge is 0.469 e. The number of aromatic nitrogens is 1. The van der Waals surface area contributed by atoms with Crippen LogP contribution in [0.2, 0.25) is 0 Å². The van der Waals surface area contributed by atoms with E-state index in [4.69, 9.17) is 10.00 Å². The standard InChI is InChI=1S/C25H22N2O2/c1-17-15-27(16-18-7-8-19-5-3-4-6-20(19)13-18)24-14-21(9-10-22(17)24)23(11-12-26)25(28)29-2/h3-10,13-15,23H,11,16H2,1-2H3. The molecule has 3 aromatic carbocycles. The molecular formula is C25H22N2O2. The maximum atomic E-state index is 12.2. The third kappa shape index (κ3) is 3.60. The monoisotopic (exact) mass is 382 g/mol. The lowest BCUT2D eigenvalue weighted by molar-refractivity contribution is -0.142. The normalized spacial score (nSPS) is 12.0. The molecule has 0 spiro atoms. The van der Waals surface area contributed by atoms with Crippen LogP contribution in [0, 0.1) is 18.3 Å².